The molecule has 5 rings (SSSR count). The first-order valence-electron chi connectivity index (χ1n) is 12.0. The molecular weight excluding hydrogens is 410 g/mol. The molecule has 0 bridgehead atoms. The molecule has 0 unspecified atom stereocenters. The van der Waals surface area contributed by atoms with E-state index in [9.17, 15) is 0 Å². The lowest BCUT2D eigenvalue weighted by atomic mass is 9.87. The molecule has 1 aliphatic heterocycles. The normalized spacial score (nSPS) is 16.2. The quantitative estimate of drug-likeness (QED) is 0.528. The average Bonchev–Trinajstić information content (AvgIpc) is 3.39. The molecule has 0 atom stereocenters. The Morgan fingerprint density at radius 2 is 1.76 bits per heavy atom. The van der Waals surface area contributed by atoms with Gasteiger partial charge in [0.1, 0.15) is 0 Å². The SMILES string of the molecule is c1ccc(CCOc2cc(C3CCCCC3)nc(-c3ccc(NC4=NCCN4)cc3)n2)cc1. The predicted molar refractivity (Wildman–Crippen MR) is 133 cm³/mol. The Balaban J connectivity index is 1.35. The van der Waals surface area contributed by atoms with Crippen LogP contribution in [-0.2, 0) is 6.42 Å². The molecule has 0 radical (unpaired) electrons. The summed E-state index contributed by atoms with van der Waals surface area (Å²) in [5.74, 6) is 2.72. The Kier molecular flexibility index (Phi) is 6.80. The number of hydrogen-bond acceptors (Lipinski definition) is 6. The van der Waals surface area contributed by atoms with Gasteiger partial charge in [-0.2, -0.15) is 4.98 Å². The van der Waals surface area contributed by atoms with Gasteiger partial charge in [-0.3, -0.25) is 4.99 Å². The van der Waals surface area contributed by atoms with Crippen LogP contribution in [0.4, 0.5) is 5.69 Å². The maximum Gasteiger partial charge on any atom is 0.217 e. The third-order valence-corrected chi connectivity index (χ3v) is 6.31. The molecule has 6 nitrogen and oxygen atoms in total. The number of benzene rings is 2. The second-order valence-corrected chi connectivity index (χ2v) is 8.73. The Bertz CT molecular complexity index is 1080. The number of nitrogens with one attached hydrogen (secondary N) is 2. The molecule has 1 fully saturated rings. The van der Waals surface area contributed by atoms with E-state index >= 15 is 0 Å². The second-order valence-electron chi connectivity index (χ2n) is 8.73. The monoisotopic (exact) mass is 441 g/mol. The summed E-state index contributed by atoms with van der Waals surface area (Å²) in [6, 6.07) is 20.7. The highest BCUT2D eigenvalue weighted by molar-refractivity contribution is 5.94. The summed E-state index contributed by atoms with van der Waals surface area (Å²) in [5, 5.41) is 6.54. The third kappa shape index (κ3) is 5.69. The number of aromatic nitrogens is 2. The van der Waals surface area contributed by atoms with E-state index in [1.165, 1.54) is 37.7 Å². The molecule has 6 heteroatoms. The van der Waals surface area contributed by atoms with Crippen molar-refractivity contribution in [2.75, 3.05) is 25.0 Å². The zero-order chi connectivity index (χ0) is 22.3. The van der Waals surface area contributed by atoms with Crippen molar-refractivity contribution >= 4 is 11.6 Å². The molecule has 1 saturated carbocycles. The second kappa shape index (κ2) is 10.5. The van der Waals surface area contributed by atoms with E-state index in [0.29, 0.717) is 18.4 Å². The van der Waals surface area contributed by atoms with Gasteiger partial charge < -0.3 is 15.4 Å². The predicted octanol–water partition coefficient (Wildman–Crippen LogP) is 5.18. The Morgan fingerprint density at radius 1 is 0.939 bits per heavy atom. The van der Waals surface area contributed by atoms with Gasteiger partial charge in [-0.05, 0) is 42.7 Å². The number of rotatable bonds is 7. The van der Waals surface area contributed by atoms with E-state index in [-0.39, 0.29) is 0 Å². The van der Waals surface area contributed by atoms with Crippen LogP contribution in [0.1, 0.15) is 49.3 Å². The molecule has 2 N–H and O–H groups in total. The summed E-state index contributed by atoms with van der Waals surface area (Å²) in [7, 11) is 0. The van der Waals surface area contributed by atoms with E-state index < -0.39 is 0 Å². The Hall–Kier alpha value is -3.41. The molecule has 2 heterocycles. The molecule has 3 aromatic rings. The topological polar surface area (TPSA) is 71.4 Å². The summed E-state index contributed by atoms with van der Waals surface area (Å²) >= 11 is 0. The zero-order valence-corrected chi connectivity index (χ0v) is 19.0. The van der Waals surface area contributed by atoms with Crippen molar-refractivity contribution in [3.63, 3.8) is 0 Å². The standard InChI is InChI=1S/C27H31N5O/c1-3-7-20(8-4-1)15-18-33-25-19-24(21-9-5-2-6-10-21)31-26(32-25)22-11-13-23(14-12-22)30-27-28-16-17-29-27/h1,3-4,7-8,11-14,19,21H,2,5-6,9-10,15-18H2,(H2,28,29,30). The van der Waals surface area contributed by atoms with E-state index in [1.807, 2.05) is 18.2 Å². The molecule has 0 saturated heterocycles. The summed E-state index contributed by atoms with van der Waals surface area (Å²) in [4.78, 5) is 14.1. The number of hydrogen-bond donors (Lipinski definition) is 2. The van der Waals surface area contributed by atoms with Gasteiger partial charge in [-0.25, -0.2) is 4.98 Å². The van der Waals surface area contributed by atoms with Crippen LogP contribution >= 0.6 is 0 Å². The van der Waals surface area contributed by atoms with Gasteiger partial charge in [0.2, 0.25) is 5.88 Å². The summed E-state index contributed by atoms with van der Waals surface area (Å²) in [6.45, 7) is 2.30. The van der Waals surface area contributed by atoms with E-state index in [2.05, 4.69) is 58.1 Å². The number of anilines is 1. The fraction of sp³-hybridized carbons (Fsp3) is 0.370. The lowest BCUT2D eigenvalue weighted by molar-refractivity contribution is 0.308. The van der Waals surface area contributed by atoms with Gasteiger partial charge in [0.05, 0.1) is 18.8 Å². The summed E-state index contributed by atoms with van der Waals surface area (Å²) < 4.78 is 6.13. The van der Waals surface area contributed by atoms with Crippen LogP contribution in [0, 0.1) is 0 Å². The number of guanidine groups is 1. The summed E-state index contributed by atoms with van der Waals surface area (Å²) in [6.07, 6.45) is 7.11. The molecule has 33 heavy (non-hydrogen) atoms. The van der Waals surface area contributed by atoms with Crippen molar-refractivity contribution < 1.29 is 4.74 Å². The molecule has 0 spiro atoms. The van der Waals surface area contributed by atoms with Crippen LogP contribution in [0.2, 0.25) is 0 Å². The first kappa shape index (κ1) is 21.4. The molecular formula is C27H31N5O. The van der Waals surface area contributed by atoms with Crippen molar-refractivity contribution in [3.05, 3.63) is 71.9 Å². The molecule has 1 aliphatic carbocycles. The smallest absolute Gasteiger partial charge is 0.217 e. The minimum Gasteiger partial charge on any atom is -0.477 e. The van der Waals surface area contributed by atoms with Gasteiger partial charge in [0.25, 0.3) is 0 Å². The minimum absolute atomic E-state index is 0.490. The van der Waals surface area contributed by atoms with Crippen molar-refractivity contribution in [3.8, 4) is 17.3 Å². The molecule has 2 aliphatic rings. The largest absolute Gasteiger partial charge is 0.477 e. The van der Waals surface area contributed by atoms with Crippen LogP contribution in [0.3, 0.4) is 0 Å². The highest BCUT2D eigenvalue weighted by Gasteiger charge is 2.19. The number of aliphatic imine (C=N–C) groups is 1. The van der Waals surface area contributed by atoms with Crippen LogP contribution in [0.15, 0.2) is 65.7 Å². The Labute approximate surface area is 195 Å². The lowest BCUT2D eigenvalue weighted by Crippen LogP contribution is -2.26. The first-order valence-corrected chi connectivity index (χ1v) is 12.0. The van der Waals surface area contributed by atoms with Crippen molar-refractivity contribution in [2.24, 2.45) is 4.99 Å². The zero-order valence-electron chi connectivity index (χ0n) is 19.0. The minimum atomic E-state index is 0.490. The maximum absolute atomic E-state index is 6.13. The van der Waals surface area contributed by atoms with Crippen molar-refractivity contribution in [2.45, 2.75) is 44.4 Å². The molecule has 1 aromatic heterocycles. The van der Waals surface area contributed by atoms with E-state index in [4.69, 9.17) is 14.7 Å². The average molecular weight is 442 g/mol. The van der Waals surface area contributed by atoms with Crippen LogP contribution < -0.4 is 15.4 Å². The first-order chi connectivity index (χ1) is 16.3. The van der Waals surface area contributed by atoms with Gasteiger partial charge in [0, 0.05) is 36.2 Å². The molecule has 170 valence electrons. The van der Waals surface area contributed by atoms with E-state index in [1.54, 1.807) is 0 Å². The fourth-order valence-corrected chi connectivity index (χ4v) is 4.49. The van der Waals surface area contributed by atoms with Gasteiger partial charge in [-0.15, -0.1) is 0 Å². The Morgan fingerprint density at radius 3 is 2.52 bits per heavy atom. The highest BCUT2D eigenvalue weighted by Crippen LogP contribution is 2.34. The van der Waals surface area contributed by atoms with Gasteiger partial charge in [-0.1, -0.05) is 49.6 Å². The van der Waals surface area contributed by atoms with Gasteiger partial charge in [0.15, 0.2) is 11.8 Å². The highest BCUT2D eigenvalue weighted by atomic mass is 16.5. The third-order valence-electron chi connectivity index (χ3n) is 6.31. The van der Waals surface area contributed by atoms with Crippen molar-refractivity contribution in [1.82, 2.24) is 15.3 Å². The fourth-order valence-electron chi connectivity index (χ4n) is 4.49. The van der Waals surface area contributed by atoms with Gasteiger partial charge >= 0.3 is 0 Å². The molecule has 0 amide bonds. The lowest BCUT2D eigenvalue weighted by Gasteiger charge is -2.22. The van der Waals surface area contributed by atoms with Crippen LogP contribution in [0.25, 0.3) is 11.4 Å². The van der Waals surface area contributed by atoms with Crippen LogP contribution in [0.5, 0.6) is 5.88 Å². The maximum atomic E-state index is 6.13. The van der Waals surface area contributed by atoms with Crippen LogP contribution in [-0.4, -0.2) is 35.6 Å². The summed E-state index contributed by atoms with van der Waals surface area (Å²) in [5.41, 5.74) is 4.37. The van der Waals surface area contributed by atoms with Crippen molar-refractivity contribution in [1.29, 1.82) is 0 Å². The molecule has 2 aromatic carbocycles. The van der Waals surface area contributed by atoms with E-state index in [0.717, 1.165) is 48.2 Å². The number of ether oxygens (including phenoxy) is 1. The number of nitrogens with zero attached hydrogens (tertiary/aromatic N) is 3.